The average Bonchev–Trinajstić information content (AvgIpc) is 2.73. The van der Waals surface area contributed by atoms with Crippen molar-refractivity contribution in [2.45, 2.75) is 13.0 Å². The molecule has 0 radical (unpaired) electrons. The summed E-state index contributed by atoms with van der Waals surface area (Å²) in [7, 11) is 0. The molecule has 2 aromatic rings. The standard InChI is InChI=1S/C16H17NO4/c18-13-4-1-3-11(16(13)19)10-17-12-5-6-14-15(9-12)21-8-2-7-20-14/h1,3-6,9,17-19H,2,7-8,10H2. The predicted molar refractivity (Wildman–Crippen MR) is 79.1 cm³/mol. The van der Waals surface area contributed by atoms with Gasteiger partial charge in [-0.3, -0.25) is 0 Å². The van der Waals surface area contributed by atoms with E-state index in [9.17, 15) is 10.2 Å². The fraction of sp³-hybridized carbons (Fsp3) is 0.250. The number of ether oxygens (including phenoxy) is 2. The van der Waals surface area contributed by atoms with Gasteiger partial charge in [-0.25, -0.2) is 0 Å². The number of hydrogen-bond donors (Lipinski definition) is 3. The van der Waals surface area contributed by atoms with E-state index >= 15 is 0 Å². The zero-order valence-electron chi connectivity index (χ0n) is 11.5. The van der Waals surface area contributed by atoms with Crippen LogP contribution in [0.3, 0.4) is 0 Å². The molecule has 0 fully saturated rings. The van der Waals surface area contributed by atoms with Crippen LogP contribution < -0.4 is 14.8 Å². The smallest absolute Gasteiger partial charge is 0.163 e. The Morgan fingerprint density at radius 1 is 1.00 bits per heavy atom. The highest BCUT2D eigenvalue weighted by atomic mass is 16.5. The van der Waals surface area contributed by atoms with Gasteiger partial charge in [0.1, 0.15) is 0 Å². The molecular weight excluding hydrogens is 270 g/mol. The summed E-state index contributed by atoms with van der Waals surface area (Å²) < 4.78 is 11.2. The first kappa shape index (κ1) is 13.4. The fourth-order valence-electron chi connectivity index (χ4n) is 2.19. The summed E-state index contributed by atoms with van der Waals surface area (Å²) in [4.78, 5) is 0. The maximum absolute atomic E-state index is 9.77. The van der Waals surface area contributed by atoms with Gasteiger partial charge >= 0.3 is 0 Å². The second-order valence-corrected chi connectivity index (χ2v) is 4.85. The van der Waals surface area contributed by atoms with Gasteiger partial charge in [-0.05, 0) is 18.2 Å². The van der Waals surface area contributed by atoms with Crippen molar-refractivity contribution >= 4 is 5.69 Å². The third kappa shape index (κ3) is 2.97. The number of fused-ring (bicyclic) bond motifs is 1. The molecule has 21 heavy (non-hydrogen) atoms. The Balaban J connectivity index is 1.73. The maximum atomic E-state index is 9.77. The Hall–Kier alpha value is -2.56. The van der Waals surface area contributed by atoms with Crippen molar-refractivity contribution in [3.8, 4) is 23.0 Å². The monoisotopic (exact) mass is 287 g/mol. The number of rotatable bonds is 3. The highest BCUT2D eigenvalue weighted by Gasteiger charge is 2.11. The van der Waals surface area contributed by atoms with Crippen LogP contribution in [0.2, 0.25) is 0 Å². The molecule has 0 amide bonds. The molecule has 1 heterocycles. The van der Waals surface area contributed by atoms with E-state index in [-0.39, 0.29) is 11.5 Å². The Morgan fingerprint density at radius 2 is 1.81 bits per heavy atom. The van der Waals surface area contributed by atoms with Crippen LogP contribution in [-0.4, -0.2) is 23.4 Å². The van der Waals surface area contributed by atoms with Crippen LogP contribution >= 0.6 is 0 Å². The van der Waals surface area contributed by atoms with Crippen molar-refractivity contribution in [1.82, 2.24) is 0 Å². The summed E-state index contributed by atoms with van der Waals surface area (Å²) in [6.07, 6.45) is 0.870. The van der Waals surface area contributed by atoms with E-state index < -0.39 is 0 Å². The lowest BCUT2D eigenvalue weighted by atomic mass is 10.2. The molecule has 0 atom stereocenters. The lowest BCUT2D eigenvalue weighted by molar-refractivity contribution is 0.297. The number of phenolic OH excluding ortho intramolecular Hbond substituents is 2. The van der Waals surface area contributed by atoms with Crippen LogP contribution in [0.4, 0.5) is 5.69 Å². The summed E-state index contributed by atoms with van der Waals surface area (Å²) in [6, 6.07) is 10.5. The maximum Gasteiger partial charge on any atom is 0.163 e. The second-order valence-electron chi connectivity index (χ2n) is 4.85. The van der Waals surface area contributed by atoms with E-state index in [1.54, 1.807) is 12.1 Å². The molecule has 5 heteroatoms. The quantitative estimate of drug-likeness (QED) is 0.757. The molecule has 3 N–H and O–H groups in total. The van der Waals surface area contributed by atoms with Crippen molar-refractivity contribution in [3.05, 3.63) is 42.0 Å². The molecule has 1 aliphatic rings. The molecule has 0 saturated heterocycles. The minimum atomic E-state index is -0.118. The fourth-order valence-corrected chi connectivity index (χ4v) is 2.19. The summed E-state index contributed by atoms with van der Waals surface area (Å²) in [5.41, 5.74) is 1.49. The summed E-state index contributed by atoms with van der Waals surface area (Å²) in [5.74, 6) is 1.25. The van der Waals surface area contributed by atoms with E-state index in [0.29, 0.717) is 25.3 Å². The van der Waals surface area contributed by atoms with Gasteiger partial charge in [-0.1, -0.05) is 12.1 Å². The van der Waals surface area contributed by atoms with Gasteiger partial charge in [0, 0.05) is 30.3 Å². The zero-order chi connectivity index (χ0) is 14.7. The van der Waals surface area contributed by atoms with Gasteiger partial charge in [0.25, 0.3) is 0 Å². The zero-order valence-corrected chi connectivity index (χ0v) is 11.5. The van der Waals surface area contributed by atoms with Gasteiger partial charge in [0.05, 0.1) is 13.2 Å². The van der Waals surface area contributed by atoms with Crippen molar-refractivity contribution in [2.75, 3.05) is 18.5 Å². The number of benzene rings is 2. The highest BCUT2D eigenvalue weighted by molar-refractivity contribution is 5.56. The van der Waals surface area contributed by atoms with E-state index in [1.165, 1.54) is 6.07 Å². The lowest BCUT2D eigenvalue weighted by Gasteiger charge is -2.12. The molecule has 1 aliphatic heterocycles. The third-order valence-electron chi connectivity index (χ3n) is 3.33. The van der Waals surface area contributed by atoms with Gasteiger partial charge < -0.3 is 25.0 Å². The SMILES string of the molecule is Oc1cccc(CNc2ccc3c(c2)OCCCO3)c1O. The summed E-state index contributed by atoms with van der Waals surface area (Å²) in [6.45, 7) is 1.71. The van der Waals surface area contributed by atoms with E-state index in [0.717, 1.165) is 23.6 Å². The Morgan fingerprint density at radius 3 is 2.67 bits per heavy atom. The normalized spacial score (nSPS) is 13.5. The lowest BCUT2D eigenvalue weighted by Crippen LogP contribution is -2.00. The first-order valence-corrected chi connectivity index (χ1v) is 6.87. The number of aromatic hydroxyl groups is 2. The molecule has 5 nitrogen and oxygen atoms in total. The third-order valence-corrected chi connectivity index (χ3v) is 3.33. The second kappa shape index (κ2) is 5.83. The van der Waals surface area contributed by atoms with Crippen LogP contribution in [0.1, 0.15) is 12.0 Å². The van der Waals surface area contributed by atoms with Crippen molar-refractivity contribution in [1.29, 1.82) is 0 Å². The number of anilines is 1. The van der Waals surface area contributed by atoms with Crippen LogP contribution in [0.5, 0.6) is 23.0 Å². The molecule has 110 valence electrons. The van der Waals surface area contributed by atoms with E-state index in [4.69, 9.17) is 9.47 Å². The Bertz CT molecular complexity index is 642. The number of hydrogen-bond acceptors (Lipinski definition) is 5. The molecule has 0 aliphatic carbocycles. The topological polar surface area (TPSA) is 71.0 Å². The van der Waals surface area contributed by atoms with Crippen LogP contribution in [0.15, 0.2) is 36.4 Å². The summed E-state index contributed by atoms with van der Waals surface area (Å²) >= 11 is 0. The summed E-state index contributed by atoms with van der Waals surface area (Å²) in [5, 5.41) is 22.4. The Kier molecular flexibility index (Phi) is 3.73. The van der Waals surface area contributed by atoms with Crippen LogP contribution in [0, 0.1) is 0 Å². The largest absolute Gasteiger partial charge is 0.504 e. The average molecular weight is 287 g/mol. The van der Waals surface area contributed by atoms with Gasteiger partial charge in [-0.15, -0.1) is 0 Å². The number of para-hydroxylation sites is 1. The van der Waals surface area contributed by atoms with Crippen molar-refractivity contribution in [2.24, 2.45) is 0 Å². The molecule has 3 rings (SSSR count). The first-order valence-electron chi connectivity index (χ1n) is 6.87. The number of phenols is 2. The van der Waals surface area contributed by atoms with Crippen LogP contribution in [0.25, 0.3) is 0 Å². The van der Waals surface area contributed by atoms with Crippen molar-refractivity contribution in [3.63, 3.8) is 0 Å². The van der Waals surface area contributed by atoms with Crippen molar-refractivity contribution < 1.29 is 19.7 Å². The van der Waals surface area contributed by atoms with E-state index in [1.807, 2.05) is 18.2 Å². The van der Waals surface area contributed by atoms with E-state index in [2.05, 4.69) is 5.32 Å². The molecule has 0 saturated carbocycles. The number of nitrogens with one attached hydrogen (secondary N) is 1. The minimum Gasteiger partial charge on any atom is -0.504 e. The molecule has 0 bridgehead atoms. The molecule has 0 aromatic heterocycles. The minimum absolute atomic E-state index is 0.0978. The highest BCUT2D eigenvalue weighted by Crippen LogP contribution is 2.33. The molecular formula is C16H17NO4. The Labute approximate surface area is 122 Å². The van der Waals surface area contributed by atoms with Gasteiger partial charge in [-0.2, -0.15) is 0 Å². The molecule has 0 spiro atoms. The van der Waals surface area contributed by atoms with Gasteiger partial charge in [0.2, 0.25) is 0 Å². The van der Waals surface area contributed by atoms with Crippen LogP contribution in [-0.2, 0) is 6.54 Å². The molecule has 0 unspecified atom stereocenters. The first-order chi connectivity index (χ1) is 10.2. The predicted octanol–water partition coefficient (Wildman–Crippen LogP) is 2.87. The van der Waals surface area contributed by atoms with Gasteiger partial charge in [0.15, 0.2) is 23.0 Å². The molecule has 2 aromatic carbocycles.